The molecule has 0 aliphatic carbocycles. The summed E-state index contributed by atoms with van der Waals surface area (Å²) in [6.45, 7) is 2.60. The molecule has 1 heterocycles. The zero-order chi connectivity index (χ0) is 15.2. The highest BCUT2D eigenvalue weighted by atomic mass is 32.1. The average molecular weight is 299 g/mol. The van der Waals surface area contributed by atoms with Crippen molar-refractivity contribution in [3.8, 4) is 6.07 Å². The van der Waals surface area contributed by atoms with E-state index in [0.717, 1.165) is 6.54 Å². The molecule has 1 aromatic carbocycles. The number of anilines is 1. The highest BCUT2D eigenvalue weighted by molar-refractivity contribution is 7.07. The minimum Gasteiger partial charge on any atom is -0.325 e. The molecule has 1 N–H and O–H groups in total. The molecule has 2 rings (SSSR count). The Morgan fingerprint density at radius 2 is 2.29 bits per heavy atom. The van der Waals surface area contributed by atoms with Gasteiger partial charge in [0.1, 0.15) is 0 Å². The number of likely N-dealkylation sites (N-methyl/N-ethyl adjacent to an activating group) is 1. The second-order valence-corrected chi connectivity index (χ2v) is 5.68. The van der Waals surface area contributed by atoms with Crippen molar-refractivity contribution in [2.45, 2.75) is 19.5 Å². The Morgan fingerprint density at radius 3 is 2.95 bits per heavy atom. The van der Waals surface area contributed by atoms with Crippen molar-refractivity contribution in [2.24, 2.45) is 0 Å². The molecule has 108 valence electrons. The van der Waals surface area contributed by atoms with Crippen LogP contribution in [0.25, 0.3) is 0 Å². The molecular weight excluding hydrogens is 282 g/mol. The van der Waals surface area contributed by atoms with E-state index >= 15 is 0 Å². The van der Waals surface area contributed by atoms with E-state index in [9.17, 15) is 4.79 Å². The van der Waals surface area contributed by atoms with Crippen LogP contribution in [0.3, 0.4) is 0 Å². The first kappa shape index (κ1) is 15.2. The first-order chi connectivity index (χ1) is 10.1. The summed E-state index contributed by atoms with van der Waals surface area (Å²) in [7, 11) is 1.92. The third-order valence-electron chi connectivity index (χ3n) is 3.31. The predicted molar refractivity (Wildman–Crippen MR) is 85.0 cm³/mol. The Balaban J connectivity index is 1.97. The maximum atomic E-state index is 12.2. The van der Waals surface area contributed by atoms with E-state index in [0.29, 0.717) is 11.3 Å². The van der Waals surface area contributed by atoms with Crippen LogP contribution in [0.5, 0.6) is 0 Å². The third kappa shape index (κ3) is 4.15. The second kappa shape index (κ2) is 7.02. The van der Waals surface area contributed by atoms with Crippen molar-refractivity contribution >= 4 is 22.9 Å². The number of benzene rings is 1. The van der Waals surface area contributed by atoms with E-state index in [1.165, 1.54) is 5.56 Å². The van der Waals surface area contributed by atoms with Gasteiger partial charge in [0.05, 0.1) is 17.7 Å². The maximum absolute atomic E-state index is 12.2. The molecule has 0 aliphatic heterocycles. The van der Waals surface area contributed by atoms with E-state index in [2.05, 4.69) is 22.8 Å². The van der Waals surface area contributed by atoms with Gasteiger partial charge in [0, 0.05) is 12.2 Å². The van der Waals surface area contributed by atoms with Crippen molar-refractivity contribution in [3.05, 3.63) is 52.2 Å². The first-order valence-corrected chi connectivity index (χ1v) is 7.57. The number of thiophene rings is 1. The molecule has 0 radical (unpaired) electrons. The van der Waals surface area contributed by atoms with E-state index in [1.54, 1.807) is 35.6 Å². The molecule has 0 aliphatic rings. The topological polar surface area (TPSA) is 56.1 Å². The van der Waals surface area contributed by atoms with Crippen LogP contribution in [0.2, 0.25) is 0 Å². The van der Waals surface area contributed by atoms with Crippen LogP contribution < -0.4 is 5.32 Å². The number of nitriles is 1. The Labute approximate surface area is 128 Å². The summed E-state index contributed by atoms with van der Waals surface area (Å²) < 4.78 is 0. The highest BCUT2D eigenvalue weighted by Gasteiger charge is 2.18. The summed E-state index contributed by atoms with van der Waals surface area (Å²) in [5.41, 5.74) is 2.38. The van der Waals surface area contributed by atoms with E-state index in [1.807, 2.05) is 24.3 Å². The smallest absolute Gasteiger partial charge is 0.241 e. The lowest BCUT2D eigenvalue weighted by atomic mass is 10.2. The summed E-state index contributed by atoms with van der Waals surface area (Å²) in [4.78, 5) is 14.2. The first-order valence-electron chi connectivity index (χ1n) is 6.62. The van der Waals surface area contributed by atoms with Gasteiger partial charge in [0.2, 0.25) is 5.91 Å². The minimum atomic E-state index is -0.254. The minimum absolute atomic E-state index is 0.0807. The van der Waals surface area contributed by atoms with Crippen LogP contribution in [0.15, 0.2) is 41.1 Å². The van der Waals surface area contributed by atoms with Crippen LogP contribution in [0.1, 0.15) is 18.1 Å². The van der Waals surface area contributed by atoms with Crippen LogP contribution in [-0.2, 0) is 11.3 Å². The molecule has 1 aromatic heterocycles. The molecular formula is C16H17N3OS. The Hall–Kier alpha value is -2.16. The number of nitrogens with zero attached hydrogens (tertiary/aromatic N) is 2. The maximum Gasteiger partial charge on any atom is 0.241 e. The number of nitrogens with one attached hydrogen (secondary N) is 1. The van der Waals surface area contributed by atoms with Crippen molar-refractivity contribution in [2.75, 3.05) is 12.4 Å². The summed E-state index contributed by atoms with van der Waals surface area (Å²) >= 11 is 1.65. The lowest BCUT2D eigenvalue weighted by Crippen LogP contribution is -2.39. The SMILES string of the molecule is CC(C(=O)Nc1cccc(C#N)c1)N(C)Cc1ccsc1. The van der Waals surface area contributed by atoms with Crippen LogP contribution in [0.4, 0.5) is 5.69 Å². The number of rotatable bonds is 5. The largest absolute Gasteiger partial charge is 0.325 e. The summed E-state index contributed by atoms with van der Waals surface area (Å²) in [6, 6.07) is 10.8. The molecule has 1 amide bonds. The quantitative estimate of drug-likeness (QED) is 0.923. The molecule has 0 saturated heterocycles. The molecule has 1 atom stereocenters. The average Bonchev–Trinajstić information content (AvgIpc) is 2.99. The Kier molecular flexibility index (Phi) is 5.09. The summed E-state index contributed by atoms with van der Waals surface area (Å²) in [5, 5.41) is 15.8. The lowest BCUT2D eigenvalue weighted by Gasteiger charge is -2.23. The standard InChI is InChI=1S/C16H17N3OS/c1-12(19(2)10-14-6-7-21-11-14)16(20)18-15-5-3-4-13(8-15)9-17/h3-8,11-12H,10H2,1-2H3,(H,18,20). The van der Waals surface area contributed by atoms with Gasteiger partial charge >= 0.3 is 0 Å². The number of carbonyl (C=O) groups excluding carboxylic acids is 1. The molecule has 0 saturated carbocycles. The van der Waals surface area contributed by atoms with Crippen molar-refractivity contribution in [1.82, 2.24) is 4.90 Å². The van der Waals surface area contributed by atoms with Gasteiger partial charge in [-0.2, -0.15) is 16.6 Å². The molecule has 1 unspecified atom stereocenters. The fourth-order valence-electron chi connectivity index (χ4n) is 1.92. The number of hydrogen-bond donors (Lipinski definition) is 1. The van der Waals surface area contributed by atoms with Gasteiger partial charge in [-0.05, 0) is 54.6 Å². The third-order valence-corrected chi connectivity index (χ3v) is 4.04. The summed E-state index contributed by atoms with van der Waals surface area (Å²) in [6.07, 6.45) is 0. The van der Waals surface area contributed by atoms with E-state index in [-0.39, 0.29) is 11.9 Å². The Bertz CT molecular complexity index is 646. The molecule has 21 heavy (non-hydrogen) atoms. The fraction of sp³-hybridized carbons (Fsp3) is 0.250. The van der Waals surface area contributed by atoms with Crippen LogP contribution in [0, 0.1) is 11.3 Å². The predicted octanol–water partition coefficient (Wildman–Crippen LogP) is 3.08. The van der Waals surface area contributed by atoms with Gasteiger partial charge < -0.3 is 5.32 Å². The summed E-state index contributed by atoms with van der Waals surface area (Å²) in [5.74, 6) is -0.0807. The van der Waals surface area contributed by atoms with E-state index < -0.39 is 0 Å². The fourth-order valence-corrected chi connectivity index (χ4v) is 2.58. The van der Waals surface area contributed by atoms with Gasteiger partial charge in [-0.15, -0.1) is 0 Å². The van der Waals surface area contributed by atoms with Gasteiger partial charge in [-0.1, -0.05) is 6.07 Å². The van der Waals surface area contributed by atoms with Crippen molar-refractivity contribution in [3.63, 3.8) is 0 Å². The molecule has 0 spiro atoms. The zero-order valence-corrected chi connectivity index (χ0v) is 12.9. The highest BCUT2D eigenvalue weighted by Crippen LogP contribution is 2.13. The molecule has 5 heteroatoms. The Morgan fingerprint density at radius 1 is 1.48 bits per heavy atom. The van der Waals surface area contributed by atoms with Crippen LogP contribution >= 0.6 is 11.3 Å². The number of amides is 1. The van der Waals surface area contributed by atoms with Gasteiger partial charge in [-0.25, -0.2) is 0 Å². The number of hydrogen-bond acceptors (Lipinski definition) is 4. The van der Waals surface area contributed by atoms with Crippen molar-refractivity contribution < 1.29 is 4.79 Å². The molecule has 0 bridgehead atoms. The normalized spacial score (nSPS) is 11.9. The van der Waals surface area contributed by atoms with Gasteiger partial charge in [0.25, 0.3) is 0 Å². The van der Waals surface area contributed by atoms with Gasteiger partial charge in [-0.3, -0.25) is 9.69 Å². The van der Waals surface area contributed by atoms with E-state index in [4.69, 9.17) is 5.26 Å². The second-order valence-electron chi connectivity index (χ2n) is 4.90. The monoisotopic (exact) mass is 299 g/mol. The zero-order valence-electron chi connectivity index (χ0n) is 12.0. The molecule has 0 fully saturated rings. The lowest BCUT2D eigenvalue weighted by molar-refractivity contribution is -0.120. The van der Waals surface area contributed by atoms with Crippen molar-refractivity contribution in [1.29, 1.82) is 5.26 Å². The molecule has 2 aromatic rings. The molecule has 4 nitrogen and oxygen atoms in total. The number of carbonyl (C=O) groups is 1. The van der Waals surface area contributed by atoms with Crippen LogP contribution in [-0.4, -0.2) is 23.9 Å². The van der Waals surface area contributed by atoms with Gasteiger partial charge in [0.15, 0.2) is 0 Å².